The lowest BCUT2D eigenvalue weighted by Gasteiger charge is -2.35. The van der Waals surface area contributed by atoms with Gasteiger partial charge in [0.25, 0.3) is 0 Å². The van der Waals surface area contributed by atoms with Crippen molar-refractivity contribution in [1.29, 1.82) is 0 Å². The Labute approximate surface area is 199 Å². The van der Waals surface area contributed by atoms with Gasteiger partial charge < -0.3 is 30.7 Å². The number of benzene rings is 2. The zero-order valence-corrected chi connectivity index (χ0v) is 18.8. The number of para-hydroxylation sites is 1. The maximum atomic E-state index is 12.8. The fourth-order valence-corrected chi connectivity index (χ4v) is 4.29. The van der Waals surface area contributed by atoms with Crippen LogP contribution in [-0.4, -0.2) is 67.1 Å². The average molecular weight is 480 g/mol. The second kappa shape index (κ2) is 8.71. The normalized spacial score (nSPS) is 14.0. The Morgan fingerprint density at radius 2 is 1.82 bits per heavy atom. The van der Waals surface area contributed by atoms with E-state index in [9.17, 15) is 15.0 Å². The highest BCUT2D eigenvalue weighted by atomic mass is 35.5. The molecule has 0 aliphatic carbocycles. The summed E-state index contributed by atoms with van der Waals surface area (Å²) in [6, 6.07) is 11.9. The Bertz CT molecular complexity index is 1380. The summed E-state index contributed by atoms with van der Waals surface area (Å²) in [6.45, 7) is 2.16. The number of anilines is 2. The van der Waals surface area contributed by atoms with E-state index in [1.807, 2.05) is 21.9 Å². The van der Waals surface area contributed by atoms with Gasteiger partial charge >= 0.3 is 0 Å². The van der Waals surface area contributed by atoms with Gasteiger partial charge in [0, 0.05) is 31.2 Å². The van der Waals surface area contributed by atoms with Crippen molar-refractivity contribution in [3.8, 4) is 22.9 Å². The van der Waals surface area contributed by atoms with Crippen LogP contribution >= 0.6 is 11.6 Å². The number of aromatic amines is 1. The molecular weight excluding hydrogens is 458 g/mol. The molecule has 5 N–H and O–H groups in total. The zero-order chi connectivity index (χ0) is 23.8. The Balaban J connectivity index is 1.36. The lowest BCUT2D eigenvalue weighted by atomic mass is 10.1. The van der Waals surface area contributed by atoms with E-state index >= 15 is 0 Å². The summed E-state index contributed by atoms with van der Waals surface area (Å²) in [7, 11) is 0. The summed E-state index contributed by atoms with van der Waals surface area (Å²) < 4.78 is 0. The number of hydrogen-bond donors (Lipinski definition) is 4. The summed E-state index contributed by atoms with van der Waals surface area (Å²) in [5, 5.41) is 20.7. The monoisotopic (exact) mass is 479 g/mol. The number of nitrogen functional groups attached to an aromatic ring is 1. The van der Waals surface area contributed by atoms with E-state index in [0.717, 1.165) is 5.56 Å². The summed E-state index contributed by atoms with van der Waals surface area (Å²) >= 11 is 6.03. The van der Waals surface area contributed by atoms with E-state index in [0.29, 0.717) is 66.0 Å². The Kier molecular flexibility index (Phi) is 5.58. The minimum absolute atomic E-state index is 0.0393. The first-order valence-electron chi connectivity index (χ1n) is 10.7. The van der Waals surface area contributed by atoms with Crippen LogP contribution in [0.5, 0.6) is 11.5 Å². The zero-order valence-electron chi connectivity index (χ0n) is 18.1. The number of aromatic nitrogens is 4. The van der Waals surface area contributed by atoms with Gasteiger partial charge in [-0.05, 0) is 29.8 Å². The number of hydrogen-bond acceptors (Lipinski definition) is 8. The molecule has 1 fully saturated rings. The molecule has 0 spiro atoms. The van der Waals surface area contributed by atoms with Crippen molar-refractivity contribution in [2.24, 2.45) is 0 Å². The molecule has 3 heterocycles. The number of piperazine rings is 1. The van der Waals surface area contributed by atoms with Gasteiger partial charge in [0.05, 0.1) is 12.0 Å². The van der Waals surface area contributed by atoms with Gasteiger partial charge in [-0.3, -0.25) is 4.79 Å². The van der Waals surface area contributed by atoms with Crippen LogP contribution in [0.15, 0.2) is 42.5 Å². The smallest absolute Gasteiger partial charge is 0.227 e. The van der Waals surface area contributed by atoms with Crippen LogP contribution in [0.25, 0.3) is 22.6 Å². The molecule has 174 valence electrons. The first kappa shape index (κ1) is 21.8. The van der Waals surface area contributed by atoms with E-state index in [1.54, 1.807) is 24.3 Å². The Hall–Kier alpha value is -4.05. The number of nitrogens with two attached hydrogens (primary N) is 1. The number of nitrogens with one attached hydrogen (secondary N) is 1. The number of carbonyl (C=O) groups is 1. The van der Waals surface area contributed by atoms with Crippen LogP contribution in [-0.2, 0) is 11.2 Å². The van der Waals surface area contributed by atoms with Crippen molar-refractivity contribution in [1.82, 2.24) is 24.8 Å². The lowest BCUT2D eigenvalue weighted by molar-refractivity contribution is -0.130. The van der Waals surface area contributed by atoms with E-state index in [2.05, 4.69) is 19.9 Å². The maximum absolute atomic E-state index is 12.8. The molecule has 0 unspecified atom stereocenters. The molecule has 11 heteroatoms. The van der Waals surface area contributed by atoms with Gasteiger partial charge in [-0.2, -0.15) is 9.97 Å². The van der Waals surface area contributed by atoms with Crippen LogP contribution < -0.4 is 10.6 Å². The van der Waals surface area contributed by atoms with Crippen LogP contribution in [0.2, 0.25) is 5.02 Å². The second-order valence-corrected chi connectivity index (χ2v) is 8.47. The second-order valence-electron chi connectivity index (χ2n) is 8.04. The SMILES string of the molecule is Nc1nc(N2CCN(C(=O)Cc3cccc(Cl)c3)CC2)c2[nH]c(-c3cccc(O)c3O)nc2n1. The Morgan fingerprint density at radius 1 is 1.06 bits per heavy atom. The minimum Gasteiger partial charge on any atom is -0.504 e. The maximum Gasteiger partial charge on any atom is 0.227 e. The first-order chi connectivity index (χ1) is 16.4. The third kappa shape index (κ3) is 4.15. The number of halogens is 1. The summed E-state index contributed by atoms with van der Waals surface area (Å²) in [5.41, 5.74) is 8.06. The van der Waals surface area contributed by atoms with Crippen molar-refractivity contribution < 1.29 is 15.0 Å². The summed E-state index contributed by atoms with van der Waals surface area (Å²) in [5.74, 6) is 0.485. The number of H-pyrrole nitrogens is 1. The molecule has 1 aliphatic heterocycles. The number of rotatable bonds is 4. The summed E-state index contributed by atoms with van der Waals surface area (Å²) in [4.78, 5) is 32.8. The molecule has 2 aromatic heterocycles. The molecule has 0 radical (unpaired) electrons. The number of nitrogens with zero attached hydrogens (tertiary/aromatic N) is 5. The highest BCUT2D eigenvalue weighted by Crippen LogP contribution is 2.36. The van der Waals surface area contributed by atoms with Crippen molar-refractivity contribution in [2.75, 3.05) is 36.8 Å². The fraction of sp³-hybridized carbons (Fsp3) is 0.217. The van der Waals surface area contributed by atoms with Crippen LogP contribution in [0.1, 0.15) is 5.56 Å². The molecule has 0 atom stereocenters. The highest BCUT2D eigenvalue weighted by Gasteiger charge is 2.25. The number of amides is 1. The lowest BCUT2D eigenvalue weighted by Crippen LogP contribution is -2.49. The highest BCUT2D eigenvalue weighted by molar-refractivity contribution is 6.30. The number of fused-ring (bicyclic) bond motifs is 1. The molecular formula is C23H22ClN7O3. The largest absolute Gasteiger partial charge is 0.504 e. The molecule has 1 aliphatic rings. The third-order valence-corrected chi connectivity index (χ3v) is 6.03. The van der Waals surface area contributed by atoms with E-state index in [4.69, 9.17) is 17.3 Å². The predicted octanol–water partition coefficient (Wildman–Crippen LogP) is 2.56. The van der Waals surface area contributed by atoms with Crippen molar-refractivity contribution in [3.63, 3.8) is 0 Å². The molecule has 10 nitrogen and oxygen atoms in total. The van der Waals surface area contributed by atoms with Gasteiger partial charge in [0.1, 0.15) is 11.3 Å². The van der Waals surface area contributed by atoms with Gasteiger partial charge in [-0.15, -0.1) is 0 Å². The first-order valence-corrected chi connectivity index (χ1v) is 11.1. The van der Waals surface area contributed by atoms with Crippen LogP contribution in [0.3, 0.4) is 0 Å². The van der Waals surface area contributed by atoms with Gasteiger partial charge in [0.15, 0.2) is 23.0 Å². The predicted molar refractivity (Wildman–Crippen MR) is 129 cm³/mol. The van der Waals surface area contributed by atoms with Crippen molar-refractivity contribution >= 4 is 40.4 Å². The van der Waals surface area contributed by atoms with Crippen molar-refractivity contribution in [2.45, 2.75) is 6.42 Å². The topological polar surface area (TPSA) is 144 Å². The summed E-state index contributed by atoms with van der Waals surface area (Å²) in [6.07, 6.45) is 0.294. The molecule has 0 bridgehead atoms. The van der Waals surface area contributed by atoms with Gasteiger partial charge in [-0.25, -0.2) is 4.98 Å². The fourth-order valence-electron chi connectivity index (χ4n) is 4.08. The quantitative estimate of drug-likeness (QED) is 0.327. The number of aromatic hydroxyl groups is 2. The molecule has 4 aromatic rings. The van der Waals surface area contributed by atoms with E-state index in [-0.39, 0.29) is 23.4 Å². The van der Waals surface area contributed by atoms with E-state index in [1.165, 1.54) is 6.07 Å². The van der Waals surface area contributed by atoms with E-state index < -0.39 is 0 Å². The molecule has 5 rings (SSSR count). The van der Waals surface area contributed by atoms with Crippen LogP contribution in [0.4, 0.5) is 11.8 Å². The van der Waals surface area contributed by atoms with Gasteiger partial charge in [0.2, 0.25) is 11.9 Å². The van der Waals surface area contributed by atoms with Crippen molar-refractivity contribution in [3.05, 3.63) is 53.1 Å². The molecule has 2 aromatic carbocycles. The molecule has 1 amide bonds. The number of phenolic OH excluding ortho intramolecular Hbond substituents is 2. The van der Waals surface area contributed by atoms with Gasteiger partial charge in [-0.1, -0.05) is 29.8 Å². The third-order valence-electron chi connectivity index (χ3n) is 5.80. The Morgan fingerprint density at radius 3 is 2.59 bits per heavy atom. The number of imidazole rings is 1. The molecule has 1 saturated heterocycles. The average Bonchev–Trinajstić information content (AvgIpc) is 3.24. The molecule has 0 saturated carbocycles. The minimum atomic E-state index is -0.282. The van der Waals surface area contributed by atoms with Crippen LogP contribution in [0, 0.1) is 0 Å². The number of phenols is 2. The number of carbonyl (C=O) groups excluding carboxylic acids is 1. The standard InChI is InChI=1S/C23H22ClN7O3/c24-14-4-1-3-13(11-14)12-17(33)30-7-9-31(10-8-30)22-18-21(28-23(25)29-22)27-20(26-18)15-5-2-6-16(32)19(15)34/h1-6,11,32,34H,7-10,12H2,(H3,25,26,27,28,29). The molecule has 34 heavy (non-hydrogen) atoms.